The van der Waals surface area contributed by atoms with Crippen LogP contribution in [0.5, 0.6) is 5.75 Å². The predicted molar refractivity (Wildman–Crippen MR) is 131 cm³/mol. The van der Waals surface area contributed by atoms with Gasteiger partial charge < -0.3 is 10.4 Å². The highest BCUT2D eigenvalue weighted by atomic mass is 16.3. The Morgan fingerprint density at radius 2 is 1.64 bits per heavy atom. The predicted octanol–water partition coefficient (Wildman–Crippen LogP) is 4.88. The molecule has 0 saturated carbocycles. The van der Waals surface area contributed by atoms with Gasteiger partial charge in [0.05, 0.1) is 17.7 Å². The zero-order valence-corrected chi connectivity index (χ0v) is 18.1. The highest BCUT2D eigenvalue weighted by Crippen LogP contribution is 2.27. The lowest BCUT2D eigenvalue weighted by atomic mass is 10.0. The maximum Gasteiger partial charge on any atom is 0.275 e. The van der Waals surface area contributed by atoms with Crippen molar-refractivity contribution in [2.24, 2.45) is 5.10 Å². The number of rotatable bonds is 6. The maximum atomic E-state index is 12.8. The molecule has 4 rings (SSSR count). The number of hydrogen-bond donors (Lipinski definition) is 3. The normalized spacial score (nSPS) is 11.2. The number of fused-ring (bicyclic) bond motifs is 1. The molecule has 4 aromatic rings. The van der Waals surface area contributed by atoms with Crippen LogP contribution in [0.2, 0.25) is 0 Å². The first-order valence-corrected chi connectivity index (χ1v) is 10.5. The number of benzene rings is 4. The van der Waals surface area contributed by atoms with Gasteiger partial charge >= 0.3 is 0 Å². The third-order valence-electron chi connectivity index (χ3n) is 5.23. The molecule has 0 aromatic heterocycles. The van der Waals surface area contributed by atoms with Gasteiger partial charge in [0.25, 0.3) is 5.91 Å². The Morgan fingerprint density at radius 1 is 0.879 bits per heavy atom. The lowest BCUT2D eigenvalue weighted by Gasteiger charge is -2.09. The van der Waals surface area contributed by atoms with E-state index in [1.165, 1.54) is 6.07 Å². The summed E-state index contributed by atoms with van der Waals surface area (Å²) in [6.07, 6.45) is 0.280. The number of anilines is 1. The standard InChI is InChI=1S/C27H23N3O3/c1-18(29-30-27(33)26-23-13-6-5-10-20(23)14-15-24(26)31)21-11-7-12-22(17-21)28-25(32)16-19-8-3-2-4-9-19/h2-15,17,31H,16H2,1H3,(H,28,32)(H,30,33)/b29-18+. The van der Waals surface area contributed by atoms with Crippen LogP contribution in [0.3, 0.4) is 0 Å². The Morgan fingerprint density at radius 3 is 2.45 bits per heavy atom. The minimum atomic E-state index is -0.504. The molecule has 0 aliphatic heterocycles. The molecular formula is C27H23N3O3. The number of phenolic OH excluding ortho intramolecular Hbond substituents is 1. The van der Waals surface area contributed by atoms with Crippen LogP contribution in [0.25, 0.3) is 10.8 Å². The molecule has 0 heterocycles. The Labute approximate surface area is 191 Å². The molecule has 0 aliphatic rings. The van der Waals surface area contributed by atoms with E-state index in [1.807, 2.05) is 60.7 Å². The number of carbonyl (C=O) groups is 2. The second-order valence-corrected chi connectivity index (χ2v) is 7.61. The van der Waals surface area contributed by atoms with Crippen LogP contribution >= 0.6 is 0 Å². The van der Waals surface area contributed by atoms with Crippen LogP contribution in [0, 0.1) is 0 Å². The van der Waals surface area contributed by atoms with Gasteiger partial charge in [-0.05, 0) is 47.0 Å². The molecule has 2 amide bonds. The van der Waals surface area contributed by atoms with Crippen molar-refractivity contribution in [1.82, 2.24) is 5.43 Å². The maximum absolute atomic E-state index is 12.8. The minimum Gasteiger partial charge on any atom is -0.507 e. The fourth-order valence-electron chi connectivity index (χ4n) is 3.56. The van der Waals surface area contributed by atoms with Crippen LogP contribution in [0.4, 0.5) is 5.69 Å². The average molecular weight is 437 g/mol. The van der Waals surface area contributed by atoms with Gasteiger partial charge in [-0.1, -0.05) is 72.8 Å². The highest BCUT2D eigenvalue weighted by Gasteiger charge is 2.15. The lowest BCUT2D eigenvalue weighted by Crippen LogP contribution is -2.20. The van der Waals surface area contributed by atoms with E-state index in [1.54, 1.807) is 31.2 Å². The number of hydrogen-bond acceptors (Lipinski definition) is 4. The Kier molecular flexibility index (Phi) is 6.45. The van der Waals surface area contributed by atoms with E-state index < -0.39 is 5.91 Å². The molecule has 0 aliphatic carbocycles. The lowest BCUT2D eigenvalue weighted by molar-refractivity contribution is -0.115. The molecule has 3 N–H and O–H groups in total. The number of nitrogens with zero attached hydrogens (tertiary/aromatic N) is 1. The first-order chi connectivity index (χ1) is 16.0. The zero-order chi connectivity index (χ0) is 23.2. The smallest absolute Gasteiger partial charge is 0.275 e. The topological polar surface area (TPSA) is 90.8 Å². The quantitative estimate of drug-likeness (QED) is 0.297. The number of carbonyl (C=O) groups excluding carboxylic acids is 2. The van der Waals surface area contributed by atoms with E-state index in [0.29, 0.717) is 16.8 Å². The summed E-state index contributed by atoms with van der Waals surface area (Å²) in [7, 11) is 0. The van der Waals surface area contributed by atoms with Gasteiger partial charge in [0.2, 0.25) is 5.91 Å². The molecule has 0 saturated heterocycles. The fraction of sp³-hybridized carbons (Fsp3) is 0.0741. The van der Waals surface area contributed by atoms with Crippen LogP contribution in [-0.2, 0) is 11.2 Å². The molecule has 0 spiro atoms. The number of aromatic hydroxyl groups is 1. The van der Waals surface area contributed by atoms with Crippen LogP contribution in [0.15, 0.2) is 96.1 Å². The Balaban J connectivity index is 1.47. The average Bonchev–Trinajstić information content (AvgIpc) is 2.83. The van der Waals surface area contributed by atoms with Gasteiger partial charge in [-0.2, -0.15) is 5.10 Å². The molecule has 6 nitrogen and oxygen atoms in total. The summed E-state index contributed by atoms with van der Waals surface area (Å²) in [6.45, 7) is 1.76. The van der Waals surface area contributed by atoms with Gasteiger partial charge in [-0.25, -0.2) is 5.43 Å². The Bertz CT molecular complexity index is 1350. The van der Waals surface area contributed by atoms with E-state index in [2.05, 4.69) is 15.8 Å². The first kappa shape index (κ1) is 21.8. The van der Waals surface area contributed by atoms with Crippen LogP contribution in [-0.4, -0.2) is 22.6 Å². The number of hydrazone groups is 1. The second-order valence-electron chi connectivity index (χ2n) is 7.61. The van der Waals surface area contributed by atoms with E-state index in [9.17, 15) is 14.7 Å². The molecule has 0 atom stereocenters. The number of amides is 2. The van der Waals surface area contributed by atoms with Crippen molar-refractivity contribution in [3.8, 4) is 5.75 Å². The molecule has 0 bridgehead atoms. The molecule has 0 radical (unpaired) electrons. The summed E-state index contributed by atoms with van der Waals surface area (Å²) in [5, 5.41) is 18.8. The monoisotopic (exact) mass is 437 g/mol. The first-order valence-electron chi connectivity index (χ1n) is 10.5. The van der Waals surface area contributed by atoms with Gasteiger partial charge in [0.15, 0.2) is 0 Å². The molecular weight excluding hydrogens is 414 g/mol. The second kappa shape index (κ2) is 9.78. The number of phenols is 1. The minimum absolute atomic E-state index is 0.109. The van der Waals surface area contributed by atoms with Crippen LogP contribution < -0.4 is 10.7 Å². The molecule has 4 aromatic carbocycles. The van der Waals surface area contributed by atoms with Crippen molar-refractivity contribution in [1.29, 1.82) is 0 Å². The van der Waals surface area contributed by atoms with E-state index in [4.69, 9.17) is 0 Å². The van der Waals surface area contributed by atoms with E-state index in [-0.39, 0.29) is 23.6 Å². The van der Waals surface area contributed by atoms with Crippen molar-refractivity contribution >= 4 is 34.0 Å². The molecule has 33 heavy (non-hydrogen) atoms. The van der Waals surface area contributed by atoms with Gasteiger partial charge in [0, 0.05) is 5.69 Å². The largest absolute Gasteiger partial charge is 0.507 e. The third-order valence-corrected chi connectivity index (χ3v) is 5.23. The summed E-state index contributed by atoms with van der Waals surface area (Å²) < 4.78 is 0. The highest BCUT2D eigenvalue weighted by molar-refractivity contribution is 6.10. The Hall–Kier alpha value is -4.45. The summed E-state index contributed by atoms with van der Waals surface area (Å²) >= 11 is 0. The summed E-state index contributed by atoms with van der Waals surface area (Å²) in [4.78, 5) is 25.1. The van der Waals surface area contributed by atoms with Crippen molar-refractivity contribution in [2.75, 3.05) is 5.32 Å². The summed E-state index contributed by atoms with van der Waals surface area (Å²) in [6, 6.07) is 27.3. The SMILES string of the molecule is C/C(=N\NC(=O)c1c(O)ccc2ccccc12)c1cccc(NC(=O)Cc2ccccc2)c1. The van der Waals surface area contributed by atoms with Gasteiger partial charge in [0.1, 0.15) is 5.75 Å². The van der Waals surface area contributed by atoms with Gasteiger partial charge in [-0.15, -0.1) is 0 Å². The molecule has 0 fully saturated rings. The molecule has 164 valence electrons. The zero-order valence-electron chi connectivity index (χ0n) is 18.1. The number of nitrogens with one attached hydrogen (secondary N) is 2. The van der Waals surface area contributed by atoms with E-state index >= 15 is 0 Å². The van der Waals surface area contributed by atoms with Crippen molar-refractivity contribution < 1.29 is 14.7 Å². The van der Waals surface area contributed by atoms with Crippen molar-refractivity contribution in [3.63, 3.8) is 0 Å². The molecule has 6 heteroatoms. The third kappa shape index (κ3) is 5.25. The fourth-order valence-corrected chi connectivity index (χ4v) is 3.56. The summed E-state index contributed by atoms with van der Waals surface area (Å²) in [5.74, 6) is -0.731. The summed E-state index contributed by atoms with van der Waals surface area (Å²) in [5.41, 5.74) is 5.57. The molecule has 0 unspecified atom stereocenters. The van der Waals surface area contributed by atoms with E-state index in [0.717, 1.165) is 16.5 Å². The van der Waals surface area contributed by atoms with Crippen molar-refractivity contribution in [2.45, 2.75) is 13.3 Å². The van der Waals surface area contributed by atoms with Crippen molar-refractivity contribution in [3.05, 3.63) is 108 Å². The van der Waals surface area contributed by atoms with Crippen LogP contribution in [0.1, 0.15) is 28.4 Å². The van der Waals surface area contributed by atoms with Gasteiger partial charge in [-0.3, -0.25) is 9.59 Å².